The summed E-state index contributed by atoms with van der Waals surface area (Å²) in [5.41, 5.74) is 5.97. The quantitative estimate of drug-likeness (QED) is 0.824. The van der Waals surface area contributed by atoms with Gasteiger partial charge in [0.05, 0.1) is 6.04 Å². The summed E-state index contributed by atoms with van der Waals surface area (Å²) in [6, 6.07) is 0.638. The van der Waals surface area contributed by atoms with Crippen LogP contribution in [0.4, 0.5) is 0 Å². The minimum Gasteiger partial charge on any atom is -0.340 e. The zero-order valence-electron chi connectivity index (χ0n) is 12.5. The summed E-state index contributed by atoms with van der Waals surface area (Å²) in [7, 11) is 2.14. The Morgan fingerprint density at radius 1 is 1.33 bits per heavy atom. The van der Waals surface area contributed by atoms with Crippen LogP contribution in [-0.4, -0.2) is 54.0 Å². The van der Waals surface area contributed by atoms with Gasteiger partial charge < -0.3 is 10.6 Å². The molecule has 0 unspecified atom stereocenters. The third kappa shape index (κ3) is 3.69. The monoisotopic (exact) mass is 255 g/mol. The van der Waals surface area contributed by atoms with Crippen molar-refractivity contribution in [1.82, 2.24) is 9.80 Å². The van der Waals surface area contributed by atoms with E-state index >= 15 is 0 Å². The summed E-state index contributed by atoms with van der Waals surface area (Å²) >= 11 is 0. The predicted octanol–water partition coefficient (Wildman–Crippen LogP) is 1.30. The van der Waals surface area contributed by atoms with Crippen molar-refractivity contribution < 1.29 is 4.79 Å². The van der Waals surface area contributed by atoms with Crippen molar-refractivity contribution >= 4 is 5.91 Å². The molecule has 1 aliphatic rings. The van der Waals surface area contributed by atoms with E-state index in [-0.39, 0.29) is 17.9 Å². The summed E-state index contributed by atoms with van der Waals surface area (Å²) in [5.74, 6) is 0.326. The third-order valence-electron chi connectivity index (χ3n) is 4.10. The number of likely N-dealkylation sites (N-methyl/N-ethyl adjacent to an activating group) is 1. The molecule has 0 aromatic carbocycles. The Labute approximate surface area is 111 Å². The lowest BCUT2D eigenvalue weighted by Crippen LogP contribution is -2.54. The van der Waals surface area contributed by atoms with Crippen LogP contribution in [0.3, 0.4) is 0 Å². The number of carbonyl (C=O) groups is 1. The van der Waals surface area contributed by atoms with E-state index in [9.17, 15) is 4.79 Å². The number of piperidine rings is 1. The first kappa shape index (κ1) is 15.4. The highest BCUT2D eigenvalue weighted by Gasteiger charge is 2.30. The molecule has 1 amide bonds. The van der Waals surface area contributed by atoms with E-state index < -0.39 is 0 Å². The van der Waals surface area contributed by atoms with Crippen molar-refractivity contribution in [1.29, 1.82) is 0 Å². The molecule has 0 bridgehead atoms. The van der Waals surface area contributed by atoms with E-state index in [1.807, 2.05) is 18.7 Å². The summed E-state index contributed by atoms with van der Waals surface area (Å²) in [5, 5.41) is 0. The van der Waals surface area contributed by atoms with Crippen LogP contribution in [-0.2, 0) is 4.79 Å². The lowest BCUT2D eigenvalue weighted by atomic mass is 9.99. The molecule has 0 radical (unpaired) electrons. The Morgan fingerprint density at radius 3 is 2.44 bits per heavy atom. The summed E-state index contributed by atoms with van der Waals surface area (Å²) in [4.78, 5) is 16.6. The van der Waals surface area contributed by atoms with Gasteiger partial charge in [0.1, 0.15) is 0 Å². The predicted molar refractivity (Wildman–Crippen MR) is 75.3 cm³/mol. The van der Waals surface area contributed by atoms with E-state index in [1.54, 1.807) is 0 Å². The fourth-order valence-corrected chi connectivity index (χ4v) is 2.40. The maximum absolute atomic E-state index is 12.3. The molecule has 1 rings (SSSR count). The second kappa shape index (κ2) is 6.53. The van der Waals surface area contributed by atoms with Gasteiger partial charge in [0.2, 0.25) is 5.91 Å². The van der Waals surface area contributed by atoms with Gasteiger partial charge in [-0.3, -0.25) is 9.69 Å². The molecule has 1 fully saturated rings. The highest BCUT2D eigenvalue weighted by molar-refractivity contribution is 5.82. The first-order valence-corrected chi connectivity index (χ1v) is 7.11. The maximum atomic E-state index is 12.3. The van der Waals surface area contributed by atoms with Gasteiger partial charge >= 0.3 is 0 Å². The lowest BCUT2D eigenvalue weighted by Gasteiger charge is -2.40. The van der Waals surface area contributed by atoms with Gasteiger partial charge in [-0.25, -0.2) is 0 Å². The largest absolute Gasteiger partial charge is 0.340 e. The number of amides is 1. The van der Waals surface area contributed by atoms with Crippen molar-refractivity contribution in [2.45, 2.75) is 58.7 Å². The second-order valence-electron chi connectivity index (χ2n) is 6.11. The molecule has 18 heavy (non-hydrogen) atoms. The minimum atomic E-state index is -0.354. The number of likely N-dealkylation sites (tertiary alicyclic amines) is 1. The fraction of sp³-hybridized carbons (Fsp3) is 0.929. The van der Waals surface area contributed by atoms with E-state index in [2.05, 4.69) is 25.8 Å². The number of nitrogens with zero attached hydrogens (tertiary/aromatic N) is 2. The molecule has 2 atom stereocenters. The maximum Gasteiger partial charge on any atom is 0.239 e. The van der Waals surface area contributed by atoms with Crippen LogP contribution in [0.2, 0.25) is 0 Å². The molecule has 4 heteroatoms. The Kier molecular flexibility index (Phi) is 5.60. The second-order valence-corrected chi connectivity index (χ2v) is 6.11. The van der Waals surface area contributed by atoms with Gasteiger partial charge in [0.15, 0.2) is 0 Å². The molecular weight excluding hydrogens is 226 g/mol. The SMILES string of the molecule is CC(C)[C@H](N)C(=O)N1CCC[C@H](N(C)C(C)C)C1. The van der Waals surface area contributed by atoms with Gasteiger partial charge in [-0.1, -0.05) is 13.8 Å². The number of hydrogen-bond donors (Lipinski definition) is 1. The van der Waals surface area contributed by atoms with E-state index in [4.69, 9.17) is 5.73 Å². The van der Waals surface area contributed by atoms with Crippen molar-refractivity contribution in [2.75, 3.05) is 20.1 Å². The average Bonchev–Trinajstić information content (AvgIpc) is 2.35. The van der Waals surface area contributed by atoms with Crippen molar-refractivity contribution in [3.63, 3.8) is 0 Å². The number of hydrogen-bond acceptors (Lipinski definition) is 3. The molecule has 1 aliphatic heterocycles. The van der Waals surface area contributed by atoms with Gasteiger partial charge in [0.25, 0.3) is 0 Å². The first-order chi connectivity index (χ1) is 8.34. The molecule has 0 aromatic heterocycles. The summed E-state index contributed by atoms with van der Waals surface area (Å²) in [6.45, 7) is 10.1. The highest BCUT2D eigenvalue weighted by atomic mass is 16.2. The van der Waals surface area contributed by atoms with Crippen molar-refractivity contribution in [3.05, 3.63) is 0 Å². The Hall–Kier alpha value is -0.610. The van der Waals surface area contributed by atoms with Crippen LogP contribution in [0, 0.1) is 5.92 Å². The lowest BCUT2D eigenvalue weighted by molar-refractivity contribution is -0.135. The molecule has 2 N–H and O–H groups in total. The topological polar surface area (TPSA) is 49.6 Å². The molecule has 1 saturated heterocycles. The van der Waals surface area contributed by atoms with Gasteiger partial charge in [-0.15, -0.1) is 0 Å². The summed E-state index contributed by atoms with van der Waals surface area (Å²) < 4.78 is 0. The molecule has 106 valence electrons. The molecule has 0 saturated carbocycles. The van der Waals surface area contributed by atoms with Crippen LogP contribution in [0.15, 0.2) is 0 Å². The van der Waals surface area contributed by atoms with Crippen LogP contribution >= 0.6 is 0 Å². The van der Waals surface area contributed by atoms with Crippen LogP contribution in [0.5, 0.6) is 0 Å². The average molecular weight is 255 g/mol. The fourth-order valence-electron chi connectivity index (χ4n) is 2.40. The third-order valence-corrected chi connectivity index (χ3v) is 4.10. The number of nitrogens with two attached hydrogens (primary N) is 1. The highest BCUT2D eigenvalue weighted by Crippen LogP contribution is 2.18. The Morgan fingerprint density at radius 2 is 1.94 bits per heavy atom. The molecule has 1 heterocycles. The van der Waals surface area contributed by atoms with Crippen LogP contribution in [0.1, 0.15) is 40.5 Å². The first-order valence-electron chi connectivity index (χ1n) is 7.11. The summed E-state index contributed by atoms with van der Waals surface area (Å²) in [6.07, 6.45) is 2.26. The Balaban J connectivity index is 2.61. The van der Waals surface area contributed by atoms with Gasteiger partial charge in [-0.2, -0.15) is 0 Å². The molecule has 4 nitrogen and oxygen atoms in total. The van der Waals surface area contributed by atoms with E-state index in [1.165, 1.54) is 6.42 Å². The van der Waals surface area contributed by atoms with E-state index in [0.717, 1.165) is 19.5 Å². The zero-order valence-corrected chi connectivity index (χ0v) is 12.5. The number of rotatable bonds is 4. The Bertz CT molecular complexity index is 278. The molecular formula is C14H29N3O. The number of carbonyl (C=O) groups excluding carboxylic acids is 1. The normalized spacial score (nSPS) is 22.9. The molecule has 0 aliphatic carbocycles. The molecule has 0 aromatic rings. The van der Waals surface area contributed by atoms with Crippen LogP contribution in [0.25, 0.3) is 0 Å². The van der Waals surface area contributed by atoms with E-state index in [0.29, 0.717) is 12.1 Å². The zero-order chi connectivity index (χ0) is 13.9. The van der Waals surface area contributed by atoms with Crippen LogP contribution < -0.4 is 5.73 Å². The molecule has 0 spiro atoms. The minimum absolute atomic E-state index is 0.117. The standard InChI is InChI=1S/C14H29N3O/c1-10(2)13(15)14(18)17-8-6-7-12(9-17)16(5)11(3)4/h10-13H,6-9,15H2,1-5H3/t12-,13-/m0/s1. The van der Waals surface area contributed by atoms with Gasteiger partial charge in [-0.05, 0) is 39.7 Å². The van der Waals surface area contributed by atoms with Gasteiger partial charge in [0, 0.05) is 25.2 Å². The van der Waals surface area contributed by atoms with Crippen molar-refractivity contribution in [3.8, 4) is 0 Å². The van der Waals surface area contributed by atoms with Crippen molar-refractivity contribution in [2.24, 2.45) is 11.7 Å². The smallest absolute Gasteiger partial charge is 0.239 e.